The second-order valence-electron chi connectivity index (χ2n) is 4.47. The fourth-order valence-electron chi connectivity index (χ4n) is 2.16. The van der Waals surface area contributed by atoms with E-state index in [9.17, 15) is 9.59 Å². The van der Waals surface area contributed by atoms with E-state index in [1.807, 2.05) is 25.2 Å². The fraction of sp³-hybridized carbons (Fsp3) is 0.0667. The van der Waals surface area contributed by atoms with E-state index in [1.165, 1.54) is 11.3 Å². The SMILES string of the molecule is CNc1ccc2sc3cc(C(N)=O)ccc3c(=O)c2c1. The molecule has 3 N–H and O–H groups in total. The molecule has 0 bridgehead atoms. The Morgan fingerprint density at radius 1 is 1.10 bits per heavy atom. The molecule has 20 heavy (non-hydrogen) atoms. The first-order valence-electron chi connectivity index (χ1n) is 6.08. The topological polar surface area (TPSA) is 72.2 Å². The van der Waals surface area contributed by atoms with Crippen LogP contribution in [-0.4, -0.2) is 13.0 Å². The van der Waals surface area contributed by atoms with Gasteiger partial charge in [-0.2, -0.15) is 0 Å². The van der Waals surface area contributed by atoms with Crippen molar-refractivity contribution in [2.24, 2.45) is 5.73 Å². The third-order valence-corrected chi connectivity index (χ3v) is 4.38. The van der Waals surface area contributed by atoms with Crippen molar-refractivity contribution in [3.8, 4) is 0 Å². The van der Waals surface area contributed by atoms with Crippen molar-refractivity contribution in [2.75, 3.05) is 12.4 Å². The summed E-state index contributed by atoms with van der Waals surface area (Å²) in [7, 11) is 1.81. The van der Waals surface area contributed by atoms with E-state index < -0.39 is 5.91 Å². The van der Waals surface area contributed by atoms with Crippen LogP contribution in [-0.2, 0) is 0 Å². The molecule has 4 nitrogen and oxygen atoms in total. The van der Waals surface area contributed by atoms with Crippen LogP contribution < -0.4 is 16.5 Å². The van der Waals surface area contributed by atoms with Crippen molar-refractivity contribution < 1.29 is 4.79 Å². The largest absolute Gasteiger partial charge is 0.388 e. The van der Waals surface area contributed by atoms with Crippen LogP contribution in [0.3, 0.4) is 0 Å². The minimum absolute atomic E-state index is 0.0260. The number of amides is 1. The highest BCUT2D eigenvalue weighted by Crippen LogP contribution is 2.27. The van der Waals surface area contributed by atoms with Crippen molar-refractivity contribution in [3.05, 3.63) is 52.2 Å². The zero-order chi connectivity index (χ0) is 14.3. The Labute approximate surface area is 118 Å². The van der Waals surface area contributed by atoms with Gasteiger partial charge in [-0.1, -0.05) is 0 Å². The van der Waals surface area contributed by atoms with Gasteiger partial charge >= 0.3 is 0 Å². The van der Waals surface area contributed by atoms with Gasteiger partial charge in [0.2, 0.25) is 5.91 Å². The van der Waals surface area contributed by atoms with Crippen molar-refractivity contribution >= 4 is 43.1 Å². The number of benzene rings is 2. The van der Waals surface area contributed by atoms with Crippen LogP contribution >= 0.6 is 11.3 Å². The molecule has 1 aromatic heterocycles. The van der Waals surface area contributed by atoms with E-state index in [-0.39, 0.29) is 5.43 Å². The zero-order valence-corrected chi connectivity index (χ0v) is 11.6. The van der Waals surface area contributed by atoms with Gasteiger partial charge in [-0.3, -0.25) is 9.59 Å². The number of fused-ring (bicyclic) bond motifs is 2. The fourth-order valence-corrected chi connectivity index (χ4v) is 3.25. The van der Waals surface area contributed by atoms with Crippen LogP contribution in [0.15, 0.2) is 41.2 Å². The summed E-state index contributed by atoms with van der Waals surface area (Å²) in [4.78, 5) is 23.7. The summed E-state index contributed by atoms with van der Waals surface area (Å²) >= 11 is 1.48. The van der Waals surface area contributed by atoms with Gasteiger partial charge in [0.15, 0.2) is 5.43 Å². The maximum absolute atomic E-state index is 12.5. The summed E-state index contributed by atoms with van der Waals surface area (Å²) in [6.45, 7) is 0. The molecule has 100 valence electrons. The Bertz CT molecular complexity index is 899. The first-order chi connectivity index (χ1) is 9.60. The molecule has 5 heteroatoms. The number of anilines is 1. The Balaban J connectivity index is 2.40. The number of rotatable bonds is 2. The molecular weight excluding hydrogens is 272 g/mol. The second kappa shape index (κ2) is 4.61. The number of primary amides is 1. The van der Waals surface area contributed by atoms with Gasteiger partial charge in [0.1, 0.15) is 0 Å². The molecular formula is C15H12N2O2S. The molecule has 0 aliphatic rings. The molecule has 3 rings (SSSR count). The van der Waals surface area contributed by atoms with E-state index in [0.29, 0.717) is 16.3 Å². The van der Waals surface area contributed by atoms with Gasteiger partial charge in [-0.25, -0.2) is 0 Å². The Morgan fingerprint density at radius 3 is 2.60 bits per heavy atom. The Kier molecular flexibility index (Phi) is 2.91. The average molecular weight is 284 g/mol. The molecule has 0 aliphatic heterocycles. The normalized spacial score (nSPS) is 10.8. The van der Waals surface area contributed by atoms with Crippen molar-refractivity contribution in [1.29, 1.82) is 0 Å². The Morgan fingerprint density at radius 2 is 1.90 bits per heavy atom. The summed E-state index contributed by atoms with van der Waals surface area (Å²) in [5, 5.41) is 4.32. The van der Waals surface area contributed by atoms with Gasteiger partial charge in [0.25, 0.3) is 0 Å². The lowest BCUT2D eigenvalue weighted by Gasteiger charge is -2.05. The van der Waals surface area contributed by atoms with Gasteiger partial charge < -0.3 is 11.1 Å². The smallest absolute Gasteiger partial charge is 0.248 e. The molecule has 0 radical (unpaired) electrons. The van der Waals surface area contributed by atoms with Crippen molar-refractivity contribution in [2.45, 2.75) is 0 Å². The maximum Gasteiger partial charge on any atom is 0.248 e. The lowest BCUT2D eigenvalue weighted by atomic mass is 10.1. The van der Waals surface area contributed by atoms with Gasteiger partial charge in [0, 0.05) is 38.5 Å². The van der Waals surface area contributed by atoms with Gasteiger partial charge in [0.05, 0.1) is 0 Å². The highest BCUT2D eigenvalue weighted by atomic mass is 32.1. The van der Waals surface area contributed by atoms with Gasteiger partial charge in [-0.15, -0.1) is 11.3 Å². The summed E-state index contributed by atoms with van der Waals surface area (Å²) in [6, 6.07) is 10.6. The number of carbonyl (C=O) groups excluding carboxylic acids is 1. The van der Waals surface area contributed by atoms with Crippen molar-refractivity contribution in [3.63, 3.8) is 0 Å². The number of hydrogen-bond donors (Lipinski definition) is 2. The molecule has 0 saturated carbocycles. The zero-order valence-electron chi connectivity index (χ0n) is 10.8. The van der Waals surface area contributed by atoms with Gasteiger partial charge in [-0.05, 0) is 36.4 Å². The molecule has 0 aliphatic carbocycles. The minimum Gasteiger partial charge on any atom is -0.388 e. The van der Waals surface area contributed by atoms with Crippen molar-refractivity contribution in [1.82, 2.24) is 0 Å². The molecule has 0 saturated heterocycles. The molecule has 0 spiro atoms. The lowest BCUT2D eigenvalue weighted by molar-refractivity contribution is 0.100. The number of nitrogens with one attached hydrogen (secondary N) is 1. The number of nitrogens with two attached hydrogens (primary N) is 1. The van der Waals surface area contributed by atoms with E-state index in [1.54, 1.807) is 18.2 Å². The highest BCUT2D eigenvalue weighted by molar-refractivity contribution is 7.24. The van der Waals surface area contributed by atoms with E-state index in [0.717, 1.165) is 15.1 Å². The number of carbonyl (C=O) groups is 1. The predicted molar refractivity (Wildman–Crippen MR) is 83.7 cm³/mol. The Hall–Kier alpha value is -2.40. The molecule has 1 amide bonds. The molecule has 1 heterocycles. The molecule has 0 fully saturated rings. The molecule has 0 atom stereocenters. The minimum atomic E-state index is -0.489. The van der Waals surface area contributed by atoms with E-state index in [4.69, 9.17) is 5.73 Å². The van der Waals surface area contributed by atoms with Crippen LogP contribution in [0.1, 0.15) is 10.4 Å². The van der Waals surface area contributed by atoms with Crippen LogP contribution in [0.2, 0.25) is 0 Å². The third kappa shape index (κ3) is 1.92. The van der Waals surface area contributed by atoms with Crippen LogP contribution in [0.25, 0.3) is 20.2 Å². The van der Waals surface area contributed by atoms with Crippen LogP contribution in [0.4, 0.5) is 5.69 Å². The molecule has 0 unspecified atom stereocenters. The second-order valence-corrected chi connectivity index (χ2v) is 5.55. The van der Waals surface area contributed by atoms with E-state index in [2.05, 4.69) is 5.32 Å². The summed E-state index contributed by atoms with van der Waals surface area (Å²) in [5.74, 6) is -0.489. The summed E-state index contributed by atoms with van der Waals surface area (Å²) in [5.41, 5.74) is 6.56. The third-order valence-electron chi connectivity index (χ3n) is 3.24. The molecule has 3 aromatic rings. The molecule has 2 aromatic carbocycles. The van der Waals surface area contributed by atoms with E-state index >= 15 is 0 Å². The average Bonchev–Trinajstić information content (AvgIpc) is 2.46. The predicted octanol–water partition coefficient (Wildman–Crippen LogP) is 2.56. The lowest BCUT2D eigenvalue weighted by Crippen LogP contribution is -2.11. The highest BCUT2D eigenvalue weighted by Gasteiger charge is 2.09. The first-order valence-corrected chi connectivity index (χ1v) is 6.90. The quantitative estimate of drug-likeness (QED) is 0.710. The number of hydrogen-bond acceptors (Lipinski definition) is 4. The standard InChI is InChI=1S/C15H12N2O2S/c1-17-9-3-5-12-11(7-9)14(18)10-4-2-8(15(16)19)6-13(10)20-12/h2-7,17H,1H3,(H2,16,19). The van der Waals surface area contributed by atoms with Crippen LogP contribution in [0, 0.1) is 0 Å². The van der Waals surface area contributed by atoms with Crippen LogP contribution in [0.5, 0.6) is 0 Å². The first kappa shape index (κ1) is 12.6. The summed E-state index contributed by atoms with van der Waals surface area (Å²) in [6.07, 6.45) is 0. The maximum atomic E-state index is 12.5. The monoisotopic (exact) mass is 284 g/mol. The summed E-state index contributed by atoms with van der Waals surface area (Å²) < 4.78 is 1.67.